The summed E-state index contributed by atoms with van der Waals surface area (Å²) in [7, 11) is 0. The molecular weight excluding hydrogens is 300 g/mol. The van der Waals surface area contributed by atoms with Gasteiger partial charge in [0.25, 0.3) is 0 Å². The number of aryl methyl sites for hydroxylation is 1. The average Bonchev–Trinajstić information content (AvgIpc) is 2.70. The van der Waals surface area contributed by atoms with Crippen LogP contribution in [0.4, 0.5) is 0 Å². The molecule has 0 spiro atoms. The minimum atomic E-state index is 0.227. The van der Waals surface area contributed by atoms with Crippen molar-refractivity contribution in [3.05, 3.63) is 34.9 Å². The number of unbranched alkanes of at least 4 members (excludes halogenated alkanes) is 1. The Kier molecular flexibility index (Phi) is 4.69. The third-order valence-corrected chi connectivity index (χ3v) is 3.71. The Morgan fingerprint density at radius 2 is 1.95 bits per heavy atom. The molecule has 19 heavy (non-hydrogen) atoms. The number of hydrogen-bond donors (Lipinski definition) is 1. The molecule has 2 rings (SSSR count). The van der Waals surface area contributed by atoms with Gasteiger partial charge in [-0.1, -0.05) is 22.0 Å². The Morgan fingerprint density at radius 3 is 2.68 bits per heavy atom. The molecule has 0 aliphatic carbocycles. The summed E-state index contributed by atoms with van der Waals surface area (Å²) in [6.45, 7) is 8.82. The van der Waals surface area contributed by atoms with Crippen molar-refractivity contribution in [1.82, 2.24) is 9.88 Å². The molecule has 2 aromatic rings. The molecule has 0 amide bonds. The highest BCUT2D eigenvalue weighted by molar-refractivity contribution is 9.10. The first-order valence-electron chi connectivity index (χ1n) is 6.95. The third-order valence-electron chi connectivity index (χ3n) is 3.22. The number of benzene rings is 1. The van der Waals surface area contributed by atoms with Crippen molar-refractivity contribution in [2.24, 2.45) is 0 Å². The largest absolute Gasteiger partial charge is 0.347 e. The van der Waals surface area contributed by atoms with Crippen LogP contribution in [0.5, 0.6) is 0 Å². The van der Waals surface area contributed by atoms with Crippen molar-refractivity contribution in [2.45, 2.75) is 45.7 Å². The standard InChI is InChI=1S/C16H23BrN2/c1-16(2,3)18-9-4-5-10-19-11-8-13-6-7-14(17)12-15(13)19/h6-8,11-12,18H,4-5,9-10H2,1-3H3. The van der Waals surface area contributed by atoms with Gasteiger partial charge in [0.2, 0.25) is 0 Å². The molecule has 1 aromatic carbocycles. The van der Waals surface area contributed by atoms with E-state index in [0.717, 1.165) is 17.6 Å². The van der Waals surface area contributed by atoms with Crippen LogP contribution in [0.25, 0.3) is 10.9 Å². The van der Waals surface area contributed by atoms with Crippen LogP contribution >= 0.6 is 15.9 Å². The average molecular weight is 323 g/mol. The monoisotopic (exact) mass is 322 g/mol. The topological polar surface area (TPSA) is 17.0 Å². The SMILES string of the molecule is CC(C)(C)NCCCCn1ccc2ccc(Br)cc21. The van der Waals surface area contributed by atoms with Gasteiger partial charge < -0.3 is 9.88 Å². The molecular formula is C16H23BrN2. The number of nitrogens with zero attached hydrogens (tertiary/aromatic N) is 1. The number of hydrogen-bond acceptors (Lipinski definition) is 1. The zero-order valence-electron chi connectivity index (χ0n) is 12.0. The molecule has 0 saturated carbocycles. The van der Waals surface area contributed by atoms with Gasteiger partial charge in [0, 0.05) is 28.3 Å². The zero-order valence-corrected chi connectivity index (χ0v) is 13.6. The molecule has 1 heterocycles. The van der Waals surface area contributed by atoms with Gasteiger partial charge in [-0.15, -0.1) is 0 Å². The van der Waals surface area contributed by atoms with Crippen LogP contribution in [0.1, 0.15) is 33.6 Å². The fourth-order valence-corrected chi connectivity index (χ4v) is 2.57. The molecule has 0 radical (unpaired) electrons. The lowest BCUT2D eigenvalue weighted by Gasteiger charge is -2.20. The first-order valence-corrected chi connectivity index (χ1v) is 7.74. The fourth-order valence-electron chi connectivity index (χ4n) is 2.22. The van der Waals surface area contributed by atoms with Crippen molar-refractivity contribution in [3.8, 4) is 0 Å². The van der Waals surface area contributed by atoms with E-state index in [9.17, 15) is 0 Å². The van der Waals surface area contributed by atoms with Gasteiger partial charge in [-0.05, 0) is 63.7 Å². The maximum atomic E-state index is 3.54. The highest BCUT2D eigenvalue weighted by Crippen LogP contribution is 2.21. The second kappa shape index (κ2) is 6.10. The van der Waals surface area contributed by atoms with Crippen LogP contribution in [-0.2, 0) is 6.54 Å². The summed E-state index contributed by atoms with van der Waals surface area (Å²) >= 11 is 3.54. The van der Waals surface area contributed by atoms with Crippen LogP contribution in [0, 0.1) is 0 Å². The molecule has 0 saturated heterocycles. The molecule has 0 bridgehead atoms. The maximum Gasteiger partial charge on any atom is 0.0491 e. The minimum Gasteiger partial charge on any atom is -0.347 e. The molecule has 1 N–H and O–H groups in total. The van der Waals surface area contributed by atoms with E-state index < -0.39 is 0 Å². The normalized spacial score (nSPS) is 12.2. The highest BCUT2D eigenvalue weighted by atomic mass is 79.9. The predicted octanol–water partition coefficient (Wildman–Crippen LogP) is 4.57. The molecule has 2 nitrogen and oxygen atoms in total. The Labute approximate surface area is 124 Å². The summed E-state index contributed by atoms with van der Waals surface area (Å²) in [6.07, 6.45) is 4.61. The molecule has 104 valence electrons. The molecule has 3 heteroatoms. The van der Waals surface area contributed by atoms with E-state index in [2.05, 4.69) is 77.0 Å². The first-order chi connectivity index (χ1) is 8.96. The Balaban J connectivity index is 1.86. The van der Waals surface area contributed by atoms with Gasteiger partial charge in [-0.3, -0.25) is 0 Å². The van der Waals surface area contributed by atoms with Crippen molar-refractivity contribution in [3.63, 3.8) is 0 Å². The van der Waals surface area contributed by atoms with E-state index >= 15 is 0 Å². The predicted molar refractivity (Wildman–Crippen MR) is 86.6 cm³/mol. The minimum absolute atomic E-state index is 0.227. The molecule has 0 aliphatic heterocycles. The van der Waals surface area contributed by atoms with Gasteiger partial charge in [-0.25, -0.2) is 0 Å². The lowest BCUT2D eigenvalue weighted by Crippen LogP contribution is -2.36. The van der Waals surface area contributed by atoms with Crippen LogP contribution < -0.4 is 5.32 Å². The van der Waals surface area contributed by atoms with Gasteiger partial charge in [-0.2, -0.15) is 0 Å². The Morgan fingerprint density at radius 1 is 1.16 bits per heavy atom. The smallest absolute Gasteiger partial charge is 0.0491 e. The van der Waals surface area contributed by atoms with Crippen LogP contribution in [0.2, 0.25) is 0 Å². The van der Waals surface area contributed by atoms with E-state index in [1.165, 1.54) is 23.7 Å². The van der Waals surface area contributed by atoms with Gasteiger partial charge >= 0.3 is 0 Å². The fraction of sp³-hybridized carbons (Fsp3) is 0.500. The maximum absolute atomic E-state index is 3.54. The summed E-state index contributed by atoms with van der Waals surface area (Å²) in [5.74, 6) is 0. The van der Waals surface area contributed by atoms with Crippen LogP contribution in [-0.4, -0.2) is 16.7 Å². The van der Waals surface area contributed by atoms with Crippen molar-refractivity contribution in [1.29, 1.82) is 0 Å². The second-order valence-corrected chi connectivity index (χ2v) is 7.01. The Hall–Kier alpha value is -0.800. The number of rotatable bonds is 5. The van der Waals surface area contributed by atoms with E-state index in [-0.39, 0.29) is 5.54 Å². The van der Waals surface area contributed by atoms with Gasteiger partial charge in [0.05, 0.1) is 0 Å². The summed E-state index contributed by atoms with van der Waals surface area (Å²) < 4.78 is 3.49. The van der Waals surface area contributed by atoms with E-state index in [0.29, 0.717) is 0 Å². The van der Waals surface area contributed by atoms with Gasteiger partial charge in [0.15, 0.2) is 0 Å². The van der Waals surface area contributed by atoms with Crippen molar-refractivity contribution < 1.29 is 0 Å². The molecule has 1 aromatic heterocycles. The van der Waals surface area contributed by atoms with Gasteiger partial charge in [0.1, 0.15) is 0 Å². The quantitative estimate of drug-likeness (QED) is 0.798. The van der Waals surface area contributed by atoms with Crippen molar-refractivity contribution in [2.75, 3.05) is 6.54 Å². The van der Waals surface area contributed by atoms with E-state index in [1.807, 2.05) is 0 Å². The molecule has 0 unspecified atom stereocenters. The summed E-state index contributed by atoms with van der Waals surface area (Å²) in [6, 6.07) is 8.65. The molecule has 0 fully saturated rings. The van der Waals surface area contributed by atoms with E-state index in [1.54, 1.807) is 0 Å². The summed E-state index contributed by atoms with van der Waals surface area (Å²) in [5.41, 5.74) is 1.54. The molecule has 0 aliphatic rings. The highest BCUT2D eigenvalue weighted by Gasteiger charge is 2.07. The number of fused-ring (bicyclic) bond motifs is 1. The van der Waals surface area contributed by atoms with E-state index in [4.69, 9.17) is 0 Å². The van der Waals surface area contributed by atoms with Crippen LogP contribution in [0.15, 0.2) is 34.9 Å². The number of aromatic nitrogens is 1. The molecule has 0 atom stereocenters. The number of nitrogens with one attached hydrogen (secondary N) is 1. The zero-order chi connectivity index (χ0) is 13.9. The lowest BCUT2D eigenvalue weighted by atomic mass is 10.1. The summed E-state index contributed by atoms with van der Waals surface area (Å²) in [5, 5.41) is 4.85. The van der Waals surface area contributed by atoms with Crippen molar-refractivity contribution >= 4 is 26.8 Å². The third kappa shape index (κ3) is 4.36. The summed E-state index contributed by atoms with van der Waals surface area (Å²) in [4.78, 5) is 0. The first kappa shape index (κ1) is 14.6. The lowest BCUT2D eigenvalue weighted by molar-refractivity contribution is 0.415. The second-order valence-electron chi connectivity index (χ2n) is 6.10. The number of halogens is 1. The van der Waals surface area contributed by atoms with Crippen LogP contribution in [0.3, 0.4) is 0 Å². The Bertz CT molecular complexity index is 537.